The number of nitriles is 1. The maximum atomic E-state index is 12.5. The summed E-state index contributed by atoms with van der Waals surface area (Å²) >= 11 is 1.18. The lowest BCUT2D eigenvalue weighted by Crippen LogP contribution is -2.42. The van der Waals surface area contributed by atoms with E-state index in [9.17, 15) is 14.4 Å². The largest absolute Gasteiger partial charge is 0.463 e. The van der Waals surface area contributed by atoms with Crippen molar-refractivity contribution in [1.29, 1.82) is 5.26 Å². The van der Waals surface area contributed by atoms with Crippen LogP contribution in [0.1, 0.15) is 19.4 Å². The third kappa shape index (κ3) is 4.61. The van der Waals surface area contributed by atoms with E-state index in [-0.39, 0.29) is 18.3 Å². The second-order valence-corrected chi connectivity index (χ2v) is 6.14. The van der Waals surface area contributed by atoms with Crippen molar-refractivity contribution in [2.45, 2.75) is 19.9 Å². The number of carbonyl (C=O) groups excluding carboxylic acids is 3. The van der Waals surface area contributed by atoms with E-state index in [0.29, 0.717) is 16.3 Å². The summed E-state index contributed by atoms with van der Waals surface area (Å²) in [5.74, 6) is -1.07. The van der Waals surface area contributed by atoms with Gasteiger partial charge >= 0.3 is 5.97 Å². The van der Waals surface area contributed by atoms with Gasteiger partial charge in [-0.1, -0.05) is 17.8 Å². The first kappa shape index (κ1) is 18.5. The average Bonchev–Trinajstić information content (AvgIpc) is 2.94. The van der Waals surface area contributed by atoms with Crippen LogP contribution in [0.25, 0.3) is 0 Å². The number of anilines is 1. The van der Waals surface area contributed by atoms with Crippen molar-refractivity contribution in [2.24, 2.45) is 0 Å². The number of nitrogens with one attached hydrogen (secondary N) is 1. The average molecular weight is 359 g/mol. The van der Waals surface area contributed by atoms with Crippen LogP contribution < -0.4 is 5.32 Å². The number of amides is 2. The normalized spacial score (nSPS) is 16.4. The summed E-state index contributed by atoms with van der Waals surface area (Å²) in [5.41, 5.74) is 0.882. The molecule has 25 heavy (non-hydrogen) atoms. The van der Waals surface area contributed by atoms with E-state index in [1.807, 2.05) is 6.07 Å². The van der Waals surface area contributed by atoms with Gasteiger partial charge in [-0.2, -0.15) is 5.26 Å². The molecule has 2 amide bonds. The lowest BCUT2D eigenvalue weighted by atomic mass is 10.2. The molecular weight excluding hydrogens is 342 g/mol. The molecule has 1 saturated heterocycles. The lowest BCUT2D eigenvalue weighted by Gasteiger charge is -2.24. The maximum Gasteiger partial charge on any atom is 0.333 e. The molecule has 0 bridgehead atoms. The van der Waals surface area contributed by atoms with Crippen LogP contribution in [-0.2, 0) is 19.1 Å². The molecule has 1 aromatic rings. The first-order chi connectivity index (χ1) is 12.0. The standard InChI is InChI=1S/C17H17N3O4S/c1-3-24-16(22)8-15-20(14(21)10-25-15)11(2)17(23)19-13-6-4-5-12(7-13)9-18/h4-8,11H,3,10H2,1-2H3,(H,19,23)/b15-8-. The van der Waals surface area contributed by atoms with Crippen LogP contribution in [0.5, 0.6) is 0 Å². The van der Waals surface area contributed by atoms with E-state index in [1.54, 1.807) is 38.1 Å². The number of hydrogen-bond donors (Lipinski definition) is 1. The van der Waals surface area contributed by atoms with Gasteiger partial charge in [-0.3, -0.25) is 14.5 Å². The van der Waals surface area contributed by atoms with Gasteiger partial charge in [0.2, 0.25) is 11.8 Å². The zero-order valence-electron chi connectivity index (χ0n) is 13.8. The Morgan fingerprint density at radius 1 is 1.52 bits per heavy atom. The summed E-state index contributed by atoms with van der Waals surface area (Å²) < 4.78 is 4.85. The fourth-order valence-electron chi connectivity index (χ4n) is 2.23. The number of hydrogen-bond acceptors (Lipinski definition) is 6. The topological polar surface area (TPSA) is 99.5 Å². The smallest absolute Gasteiger partial charge is 0.333 e. The molecule has 0 saturated carbocycles. The van der Waals surface area contributed by atoms with Crippen LogP contribution in [0.3, 0.4) is 0 Å². The number of rotatable bonds is 5. The molecule has 0 aliphatic carbocycles. The van der Waals surface area contributed by atoms with Gasteiger partial charge in [-0.05, 0) is 32.0 Å². The highest BCUT2D eigenvalue weighted by atomic mass is 32.2. The number of carbonyl (C=O) groups is 3. The number of ether oxygens (including phenoxy) is 1. The lowest BCUT2D eigenvalue weighted by molar-refractivity contribution is -0.137. The van der Waals surface area contributed by atoms with Gasteiger partial charge in [0.1, 0.15) is 6.04 Å². The molecule has 1 fully saturated rings. The summed E-state index contributed by atoms with van der Waals surface area (Å²) in [5, 5.41) is 12.0. The predicted octanol–water partition coefficient (Wildman–Crippen LogP) is 1.87. The second kappa shape index (κ2) is 8.35. The molecule has 2 rings (SSSR count). The molecule has 1 heterocycles. The van der Waals surface area contributed by atoms with Crippen molar-refractivity contribution in [1.82, 2.24) is 4.90 Å². The van der Waals surface area contributed by atoms with Gasteiger partial charge < -0.3 is 10.1 Å². The number of thioether (sulfide) groups is 1. The summed E-state index contributed by atoms with van der Waals surface area (Å²) in [4.78, 5) is 37.5. The van der Waals surface area contributed by atoms with Crippen LogP contribution >= 0.6 is 11.8 Å². The molecule has 1 N–H and O–H groups in total. The highest BCUT2D eigenvalue weighted by Crippen LogP contribution is 2.31. The zero-order chi connectivity index (χ0) is 18.4. The Kier molecular flexibility index (Phi) is 6.19. The van der Waals surface area contributed by atoms with Gasteiger partial charge in [0.15, 0.2) is 0 Å². The molecule has 1 unspecified atom stereocenters. The van der Waals surface area contributed by atoms with Crippen molar-refractivity contribution in [3.63, 3.8) is 0 Å². The van der Waals surface area contributed by atoms with Crippen molar-refractivity contribution in [3.8, 4) is 6.07 Å². The van der Waals surface area contributed by atoms with Crippen molar-refractivity contribution >= 4 is 35.2 Å². The van der Waals surface area contributed by atoms with E-state index in [4.69, 9.17) is 10.00 Å². The highest BCUT2D eigenvalue weighted by Gasteiger charge is 2.34. The van der Waals surface area contributed by atoms with Gasteiger partial charge in [-0.15, -0.1) is 0 Å². The number of benzene rings is 1. The van der Waals surface area contributed by atoms with Crippen LogP contribution in [-0.4, -0.2) is 41.1 Å². The van der Waals surface area contributed by atoms with Crippen LogP contribution in [0.2, 0.25) is 0 Å². The van der Waals surface area contributed by atoms with Crippen molar-refractivity contribution in [2.75, 3.05) is 17.7 Å². The summed E-state index contributed by atoms with van der Waals surface area (Å²) in [6.45, 7) is 3.49. The third-order valence-electron chi connectivity index (χ3n) is 3.40. The highest BCUT2D eigenvalue weighted by molar-refractivity contribution is 8.04. The fourth-order valence-corrected chi connectivity index (χ4v) is 3.22. The zero-order valence-corrected chi connectivity index (χ0v) is 14.6. The summed E-state index contributed by atoms with van der Waals surface area (Å²) in [6, 6.07) is 7.66. The van der Waals surface area contributed by atoms with Crippen LogP contribution in [0.15, 0.2) is 35.4 Å². The predicted molar refractivity (Wildman–Crippen MR) is 93.3 cm³/mol. The Hall–Kier alpha value is -2.79. The van der Waals surface area contributed by atoms with E-state index >= 15 is 0 Å². The Labute approximate surface area is 149 Å². The third-order valence-corrected chi connectivity index (χ3v) is 4.41. The summed E-state index contributed by atoms with van der Waals surface area (Å²) in [7, 11) is 0. The Bertz CT molecular complexity index is 769. The second-order valence-electron chi connectivity index (χ2n) is 5.14. The monoisotopic (exact) mass is 359 g/mol. The summed E-state index contributed by atoms with van der Waals surface area (Å²) in [6.07, 6.45) is 1.22. The number of nitrogens with zero attached hydrogens (tertiary/aromatic N) is 2. The molecule has 1 aliphatic heterocycles. The molecule has 130 valence electrons. The minimum Gasteiger partial charge on any atom is -0.463 e. The SMILES string of the molecule is CCOC(=O)/C=C1\SCC(=O)N1C(C)C(=O)Nc1cccc(C#N)c1. The van der Waals surface area contributed by atoms with Gasteiger partial charge in [-0.25, -0.2) is 4.79 Å². The van der Waals surface area contributed by atoms with E-state index in [0.717, 1.165) is 0 Å². The Balaban J connectivity index is 2.14. The first-order valence-electron chi connectivity index (χ1n) is 7.60. The number of esters is 1. The van der Waals surface area contributed by atoms with E-state index in [1.165, 1.54) is 22.7 Å². The fraction of sp³-hybridized carbons (Fsp3) is 0.294. The molecule has 8 heteroatoms. The molecule has 0 radical (unpaired) electrons. The van der Waals surface area contributed by atoms with E-state index in [2.05, 4.69) is 5.32 Å². The van der Waals surface area contributed by atoms with Crippen molar-refractivity contribution < 1.29 is 19.1 Å². The molecule has 1 atom stereocenters. The van der Waals surface area contributed by atoms with Gasteiger partial charge in [0, 0.05) is 5.69 Å². The van der Waals surface area contributed by atoms with Crippen LogP contribution in [0, 0.1) is 11.3 Å². The minimum atomic E-state index is -0.811. The van der Waals surface area contributed by atoms with E-state index < -0.39 is 17.9 Å². The molecule has 7 nitrogen and oxygen atoms in total. The molecule has 1 aliphatic rings. The maximum absolute atomic E-state index is 12.5. The van der Waals surface area contributed by atoms with Crippen molar-refractivity contribution in [3.05, 3.63) is 40.9 Å². The Morgan fingerprint density at radius 2 is 2.28 bits per heavy atom. The first-order valence-corrected chi connectivity index (χ1v) is 8.59. The van der Waals surface area contributed by atoms with Gasteiger partial charge in [0.05, 0.1) is 35.1 Å². The molecular formula is C17H17N3O4S. The minimum absolute atomic E-state index is 0.159. The Morgan fingerprint density at radius 3 is 2.96 bits per heavy atom. The molecule has 1 aromatic carbocycles. The molecule has 0 aromatic heterocycles. The molecule has 0 spiro atoms. The van der Waals surface area contributed by atoms with Gasteiger partial charge in [0.25, 0.3) is 0 Å². The quantitative estimate of drug-likeness (QED) is 0.636. The van der Waals surface area contributed by atoms with Crippen LogP contribution in [0.4, 0.5) is 5.69 Å².